The smallest absolute Gasteiger partial charge is 0.160 e. The van der Waals surface area contributed by atoms with Crippen LogP contribution in [0.4, 0.5) is 0 Å². The van der Waals surface area contributed by atoms with Crippen LogP contribution in [-0.4, -0.2) is 9.97 Å². The fraction of sp³-hybridized carbons (Fsp3) is 0.0169. The van der Waals surface area contributed by atoms with E-state index >= 15 is 0 Å². The first-order chi connectivity index (χ1) is 30.8. The highest BCUT2D eigenvalue weighted by atomic mass is 32.1. The topological polar surface area (TPSA) is 25.8 Å². The van der Waals surface area contributed by atoms with Gasteiger partial charge in [0.15, 0.2) is 5.82 Å². The van der Waals surface area contributed by atoms with Crippen molar-refractivity contribution in [2.45, 2.75) is 5.41 Å². The first-order valence-corrected chi connectivity index (χ1v) is 22.0. The van der Waals surface area contributed by atoms with E-state index in [1.165, 1.54) is 64.7 Å². The van der Waals surface area contributed by atoms with E-state index in [0.29, 0.717) is 5.82 Å². The van der Waals surface area contributed by atoms with Crippen molar-refractivity contribution in [3.63, 3.8) is 0 Å². The molecule has 3 heteroatoms. The van der Waals surface area contributed by atoms with E-state index in [1.807, 2.05) is 17.4 Å². The van der Waals surface area contributed by atoms with Crippen LogP contribution in [0.3, 0.4) is 0 Å². The second kappa shape index (κ2) is 14.8. The highest BCUT2D eigenvalue weighted by molar-refractivity contribution is 7.25. The molecular formula is C59H38N2S. The molecule has 0 saturated heterocycles. The molecule has 0 saturated carbocycles. The van der Waals surface area contributed by atoms with Gasteiger partial charge >= 0.3 is 0 Å². The summed E-state index contributed by atoms with van der Waals surface area (Å²) in [7, 11) is 0. The van der Waals surface area contributed by atoms with Gasteiger partial charge in [-0.2, -0.15) is 0 Å². The molecule has 12 rings (SSSR count). The van der Waals surface area contributed by atoms with Crippen molar-refractivity contribution >= 4 is 31.5 Å². The Balaban J connectivity index is 1.07. The molecule has 0 atom stereocenters. The molecular weight excluding hydrogens is 769 g/mol. The molecule has 2 aromatic heterocycles. The van der Waals surface area contributed by atoms with Crippen molar-refractivity contribution in [2.24, 2.45) is 0 Å². The molecule has 0 aliphatic heterocycles. The van der Waals surface area contributed by atoms with Crippen molar-refractivity contribution in [3.05, 3.63) is 253 Å². The van der Waals surface area contributed by atoms with E-state index in [4.69, 9.17) is 9.97 Å². The summed E-state index contributed by atoms with van der Waals surface area (Å²) in [6.07, 6.45) is 0. The van der Waals surface area contributed by atoms with Gasteiger partial charge in [-0.05, 0) is 79.9 Å². The number of fused-ring (bicyclic) bond motifs is 6. The lowest BCUT2D eigenvalue weighted by Crippen LogP contribution is -2.28. The van der Waals surface area contributed by atoms with Gasteiger partial charge in [0.25, 0.3) is 0 Å². The molecule has 2 nitrogen and oxygen atoms in total. The average molecular weight is 807 g/mol. The monoisotopic (exact) mass is 806 g/mol. The predicted molar refractivity (Wildman–Crippen MR) is 259 cm³/mol. The lowest BCUT2D eigenvalue weighted by atomic mass is 9.67. The molecule has 0 spiro atoms. The summed E-state index contributed by atoms with van der Waals surface area (Å²) in [5.74, 6) is 0.694. The van der Waals surface area contributed by atoms with Crippen molar-refractivity contribution in [1.82, 2.24) is 9.97 Å². The van der Waals surface area contributed by atoms with Gasteiger partial charge in [-0.25, -0.2) is 9.97 Å². The molecule has 11 aromatic rings. The maximum absolute atomic E-state index is 5.39. The summed E-state index contributed by atoms with van der Waals surface area (Å²) in [5.41, 5.74) is 16.6. The lowest BCUT2D eigenvalue weighted by molar-refractivity contribution is 0.768. The fourth-order valence-electron chi connectivity index (χ4n) is 9.97. The minimum atomic E-state index is -0.493. The Kier molecular flexibility index (Phi) is 8.62. The molecule has 290 valence electrons. The zero-order valence-corrected chi connectivity index (χ0v) is 34.6. The maximum Gasteiger partial charge on any atom is 0.160 e. The molecule has 1 aliphatic carbocycles. The second-order valence-electron chi connectivity index (χ2n) is 16.0. The predicted octanol–water partition coefficient (Wildman–Crippen LogP) is 15.5. The van der Waals surface area contributed by atoms with Gasteiger partial charge in [0.05, 0.1) is 16.8 Å². The molecule has 0 fully saturated rings. The zero-order chi connectivity index (χ0) is 41.0. The zero-order valence-electron chi connectivity index (χ0n) is 33.7. The molecule has 2 heterocycles. The van der Waals surface area contributed by atoms with E-state index in [1.54, 1.807) is 0 Å². The molecule has 1 aliphatic rings. The highest BCUT2D eigenvalue weighted by Gasteiger charge is 2.46. The van der Waals surface area contributed by atoms with Crippen LogP contribution in [0, 0.1) is 0 Å². The van der Waals surface area contributed by atoms with E-state index in [-0.39, 0.29) is 0 Å². The van der Waals surface area contributed by atoms with Crippen LogP contribution in [0.25, 0.3) is 87.5 Å². The van der Waals surface area contributed by atoms with Crippen LogP contribution < -0.4 is 0 Å². The average Bonchev–Trinajstić information content (AvgIpc) is 3.89. The summed E-state index contributed by atoms with van der Waals surface area (Å²) >= 11 is 1.85. The summed E-state index contributed by atoms with van der Waals surface area (Å²) in [6, 6.07) is 83.4. The molecule has 9 aromatic carbocycles. The first-order valence-electron chi connectivity index (χ1n) is 21.2. The lowest BCUT2D eigenvalue weighted by Gasteiger charge is -2.34. The summed E-state index contributed by atoms with van der Waals surface area (Å²) in [5, 5.41) is 2.59. The van der Waals surface area contributed by atoms with E-state index in [2.05, 4.69) is 224 Å². The van der Waals surface area contributed by atoms with Crippen LogP contribution in [0.1, 0.15) is 22.3 Å². The van der Waals surface area contributed by atoms with Crippen molar-refractivity contribution in [2.75, 3.05) is 0 Å². The third-order valence-electron chi connectivity index (χ3n) is 12.6. The molecule has 0 bridgehead atoms. The Bertz CT molecular complexity index is 3420. The fourth-order valence-corrected chi connectivity index (χ4v) is 11.1. The van der Waals surface area contributed by atoms with Crippen LogP contribution in [0.15, 0.2) is 231 Å². The van der Waals surface area contributed by atoms with E-state index in [0.717, 1.165) is 39.2 Å². The minimum absolute atomic E-state index is 0.493. The van der Waals surface area contributed by atoms with Crippen LogP contribution in [0.2, 0.25) is 0 Å². The van der Waals surface area contributed by atoms with Crippen molar-refractivity contribution < 1.29 is 0 Å². The minimum Gasteiger partial charge on any atom is -0.228 e. The van der Waals surface area contributed by atoms with E-state index < -0.39 is 5.41 Å². The standard InChI is InChI=1S/C59H38N2S/c1-4-19-39(20-5-1)58-60-52(41-22-16-21-40(37-41)44-31-18-36-55-57(44)49-30-13-15-35-54(49)62-55)38-53(61-58)46-28-11-10-27-45(46)47-32-17-34-51-56(47)48-29-12-14-33-50(48)59(51,42-23-6-2-7-24-42)43-25-8-3-9-26-43/h1-38H. The molecule has 0 radical (unpaired) electrons. The Morgan fingerprint density at radius 3 is 1.66 bits per heavy atom. The molecule has 0 unspecified atom stereocenters. The second-order valence-corrected chi connectivity index (χ2v) is 17.1. The van der Waals surface area contributed by atoms with Crippen molar-refractivity contribution in [1.29, 1.82) is 0 Å². The Morgan fingerprint density at radius 1 is 0.339 bits per heavy atom. The molecule has 0 amide bonds. The van der Waals surface area contributed by atoms with Gasteiger partial charge in [-0.1, -0.05) is 206 Å². The number of nitrogens with zero attached hydrogens (tertiary/aromatic N) is 2. The summed E-state index contributed by atoms with van der Waals surface area (Å²) in [4.78, 5) is 10.7. The summed E-state index contributed by atoms with van der Waals surface area (Å²) < 4.78 is 2.59. The van der Waals surface area contributed by atoms with Gasteiger partial charge in [-0.15, -0.1) is 11.3 Å². The number of hydrogen-bond donors (Lipinski definition) is 0. The Hall–Kier alpha value is -7.72. The van der Waals surface area contributed by atoms with Gasteiger partial charge in [0, 0.05) is 36.9 Å². The maximum atomic E-state index is 5.39. The van der Waals surface area contributed by atoms with E-state index in [9.17, 15) is 0 Å². The third kappa shape index (κ3) is 5.70. The number of rotatable bonds is 7. The van der Waals surface area contributed by atoms with Gasteiger partial charge in [0.1, 0.15) is 0 Å². The van der Waals surface area contributed by atoms with Crippen LogP contribution >= 0.6 is 11.3 Å². The highest BCUT2D eigenvalue weighted by Crippen LogP contribution is 2.58. The van der Waals surface area contributed by atoms with Crippen LogP contribution in [0.5, 0.6) is 0 Å². The largest absolute Gasteiger partial charge is 0.228 e. The van der Waals surface area contributed by atoms with Gasteiger partial charge < -0.3 is 0 Å². The molecule has 0 N–H and O–H groups in total. The Morgan fingerprint density at radius 2 is 0.871 bits per heavy atom. The molecule has 62 heavy (non-hydrogen) atoms. The van der Waals surface area contributed by atoms with Crippen molar-refractivity contribution in [3.8, 4) is 67.3 Å². The van der Waals surface area contributed by atoms with Gasteiger partial charge in [-0.3, -0.25) is 0 Å². The number of aromatic nitrogens is 2. The van der Waals surface area contributed by atoms with Crippen LogP contribution in [-0.2, 0) is 5.41 Å². The number of benzene rings is 9. The SMILES string of the molecule is c1ccc(-c2nc(-c3cccc(-c4cccc5sc6ccccc6c45)c3)cc(-c3ccccc3-c3cccc4c3-c3ccccc3C4(c3ccccc3)c3ccccc3)n2)cc1. The number of hydrogen-bond acceptors (Lipinski definition) is 3. The Labute approximate surface area is 365 Å². The van der Waals surface area contributed by atoms with Gasteiger partial charge in [0.2, 0.25) is 0 Å². The third-order valence-corrected chi connectivity index (χ3v) is 13.7. The normalized spacial score (nSPS) is 12.6. The quantitative estimate of drug-likeness (QED) is 0.160. The first kappa shape index (κ1) is 36.2. The number of thiophene rings is 1. The summed E-state index contributed by atoms with van der Waals surface area (Å²) in [6.45, 7) is 0.